The standard InChI is InChI=1S/C13H18ClNO4/c1-9(13(17)15-11(7-16)8-18-2)19-12-5-3-4-10(14)6-12/h3-6,9,11,16H,7-8H2,1-2H3,(H,15,17). The van der Waals surface area contributed by atoms with E-state index in [1.54, 1.807) is 31.2 Å². The zero-order valence-corrected chi connectivity index (χ0v) is 11.7. The summed E-state index contributed by atoms with van der Waals surface area (Å²) in [6.07, 6.45) is -0.690. The van der Waals surface area contributed by atoms with E-state index < -0.39 is 12.1 Å². The van der Waals surface area contributed by atoms with Gasteiger partial charge in [0.15, 0.2) is 6.10 Å². The summed E-state index contributed by atoms with van der Waals surface area (Å²) < 4.78 is 10.3. The molecule has 1 amide bonds. The van der Waals surface area contributed by atoms with Gasteiger partial charge in [0.2, 0.25) is 0 Å². The Labute approximate surface area is 117 Å². The minimum atomic E-state index is -0.690. The van der Waals surface area contributed by atoms with Gasteiger partial charge in [0.1, 0.15) is 5.75 Å². The topological polar surface area (TPSA) is 67.8 Å². The summed E-state index contributed by atoms with van der Waals surface area (Å²) in [4.78, 5) is 11.8. The van der Waals surface area contributed by atoms with Crippen molar-refractivity contribution in [1.29, 1.82) is 0 Å². The van der Waals surface area contributed by atoms with Crippen LogP contribution in [0.5, 0.6) is 5.75 Å². The van der Waals surface area contributed by atoms with Gasteiger partial charge >= 0.3 is 0 Å². The molecule has 6 heteroatoms. The largest absolute Gasteiger partial charge is 0.481 e. The van der Waals surface area contributed by atoms with E-state index in [4.69, 9.17) is 26.2 Å². The van der Waals surface area contributed by atoms with E-state index in [1.165, 1.54) is 7.11 Å². The Kier molecular flexibility index (Phi) is 6.62. The van der Waals surface area contributed by atoms with Crippen molar-refractivity contribution in [3.05, 3.63) is 29.3 Å². The van der Waals surface area contributed by atoms with Crippen molar-refractivity contribution in [1.82, 2.24) is 5.32 Å². The number of carbonyl (C=O) groups is 1. The second kappa shape index (κ2) is 7.99. The number of ether oxygens (including phenoxy) is 2. The minimum absolute atomic E-state index is 0.191. The molecule has 5 nitrogen and oxygen atoms in total. The van der Waals surface area contributed by atoms with Gasteiger partial charge in [-0.2, -0.15) is 0 Å². The van der Waals surface area contributed by atoms with Crippen molar-refractivity contribution >= 4 is 17.5 Å². The molecule has 0 bridgehead atoms. The number of amides is 1. The molecule has 19 heavy (non-hydrogen) atoms. The highest BCUT2D eigenvalue weighted by atomic mass is 35.5. The van der Waals surface area contributed by atoms with Crippen LogP contribution in [0.3, 0.4) is 0 Å². The van der Waals surface area contributed by atoms with Crippen molar-refractivity contribution in [3.63, 3.8) is 0 Å². The van der Waals surface area contributed by atoms with Crippen LogP contribution in [0, 0.1) is 0 Å². The highest BCUT2D eigenvalue weighted by Crippen LogP contribution is 2.18. The highest BCUT2D eigenvalue weighted by molar-refractivity contribution is 6.30. The number of rotatable bonds is 7. The molecular weight excluding hydrogens is 270 g/mol. The molecule has 0 heterocycles. The maximum atomic E-state index is 11.8. The second-order valence-corrected chi connectivity index (χ2v) is 4.50. The van der Waals surface area contributed by atoms with Crippen LogP contribution in [0.25, 0.3) is 0 Å². The number of benzene rings is 1. The highest BCUT2D eigenvalue weighted by Gasteiger charge is 2.18. The summed E-state index contributed by atoms with van der Waals surface area (Å²) in [5.41, 5.74) is 0. The molecule has 2 N–H and O–H groups in total. The molecule has 0 radical (unpaired) electrons. The Morgan fingerprint density at radius 1 is 1.53 bits per heavy atom. The molecule has 0 fully saturated rings. The predicted octanol–water partition coefficient (Wildman–Crippen LogP) is 1.23. The molecule has 0 aliphatic carbocycles. The maximum Gasteiger partial charge on any atom is 0.261 e. The first-order valence-corrected chi connectivity index (χ1v) is 6.27. The molecule has 2 atom stereocenters. The van der Waals surface area contributed by atoms with Gasteiger partial charge < -0.3 is 19.9 Å². The molecule has 0 aliphatic heterocycles. The number of hydrogen-bond acceptors (Lipinski definition) is 4. The van der Waals surface area contributed by atoms with E-state index in [9.17, 15) is 4.79 Å². The first kappa shape index (κ1) is 15.8. The number of halogens is 1. The fourth-order valence-corrected chi connectivity index (χ4v) is 1.64. The van der Waals surface area contributed by atoms with Crippen molar-refractivity contribution in [2.45, 2.75) is 19.1 Å². The summed E-state index contributed by atoms with van der Waals surface area (Å²) >= 11 is 5.83. The lowest BCUT2D eigenvalue weighted by atomic mass is 10.3. The monoisotopic (exact) mass is 287 g/mol. The molecule has 2 unspecified atom stereocenters. The number of nitrogens with one attached hydrogen (secondary N) is 1. The Morgan fingerprint density at radius 2 is 2.26 bits per heavy atom. The molecule has 1 rings (SSSR count). The smallest absolute Gasteiger partial charge is 0.261 e. The second-order valence-electron chi connectivity index (χ2n) is 4.06. The summed E-state index contributed by atoms with van der Waals surface area (Å²) in [5.74, 6) is 0.193. The Bertz CT molecular complexity index is 413. The molecule has 0 aliphatic rings. The van der Waals surface area contributed by atoms with E-state index in [1.807, 2.05) is 0 Å². The lowest BCUT2D eigenvalue weighted by Crippen LogP contribution is -2.46. The van der Waals surface area contributed by atoms with Gasteiger partial charge in [-0.15, -0.1) is 0 Å². The van der Waals surface area contributed by atoms with E-state index in [-0.39, 0.29) is 19.1 Å². The molecule has 0 aromatic heterocycles. The third-order valence-corrected chi connectivity index (χ3v) is 2.65. The lowest BCUT2D eigenvalue weighted by Gasteiger charge is -2.19. The summed E-state index contributed by atoms with van der Waals surface area (Å²) in [6.45, 7) is 1.67. The van der Waals surface area contributed by atoms with Gasteiger partial charge in [-0.1, -0.05) is 17.7 Å². The van der Waals surface area contributed by atoms with Crippen LogP contribution in [0.4, 0.5) is 0 Å². The average molecular weight is 288 g/mol. The van der Waals surface area contributed by atoms with E-state index in [0.717, 1.165) is 0 Å². The van der Waals surface area contributed by atoms with Crippen LogP contribution in [0.1, 0.15) is 6.92 Å². The predicted molar refractivity (Wildman–Crippen MR) is 72.4 cm³/mol. The normalized spacial score (nSPS) is 13.7. The third kappa shape index (κ3) is 5.46. The Balaban J connectivity index is 2.52. The summed E-state index contributed by atoms with van der Waals surface area (Å²) in [7, 11) is 1.50. The van der Waals surface area contributed by atoms with Crippen LogP contribution in [0.2, 0.25) is 5.02 Å². The van der Waals surface area contributed by atoms with Gasteiger partial charge in [-0.25, -0.2) is 0 Å². The molecule has 106 valence electrons. The van der Waals surface area contributed by atoms with Crippen LogP contribution < -0.4 is 10.1 Å². The SMILES string of the molecule is COCC(CO)NC(=O)C(C)Oc1cccc(Cl)c1. The molecule has 0 saturated carbocycles. The van der Waals surface area contributed by atoms with E-state index in [2.05, 4.69) is 5.32 Å². The molecule has 1 aromatic rings. The van der Waals surface area contributed by atoms with Crippen LogP contribution in [0.15, 0.2) is 24.3 Å². The summed E-state index contributed by atoms with van der Waals surface area (Å²) in [6, 6.07) is 6.37. The van der Waals surface area contributed by atoms with Gasteiger partial charge in [-0.3, -0.25) is 4.79 Å². The zero-order chi connectivity index (χ0) is 14.3. The van der Waals surface area contributed by atoms with Crippen molar-refractivity contribution in [2.75, 3.05) is 20.3 Å². The number of methoxy groups -OCH3 is 1. The van der Waals surface area contributed by atoms with Gasteiger partial charge in [-0.05, 0) is 25.1 Å². The molecule has 0 spiro atoms. The number of aliphatic hydroxyl groups is 1. The average Bonchev–Trinajstić information content (AvgIpc) is 2.38. The Morgan fingerprint density at radius 3 is 2.84 bits per heavy atom. The van der Waals surface area contributed by atoms with Gasteiger partial charge in [0.25, 0.3) is 5.91 Å². The van der Waals surface area contributed by atoms with E-state index in [0.29, 0.717) is 10.8 Å². The van der Waals surface area contributed by atoms with Crippen LogP contribution >= 0.6 is 11.6 Å². The molecular formula is C13H18ClNO4. The molecule has 0 saturated heterocycles. The first-order chi connectivity index (χ1) is 9.06. The van der Waals surface area contributed by atoms with Gasteiger partial charge in [0, 0.05) is 12.1 Å². The number of carbonyl (C=O) groups excluding carboxylic acids is 1. The van der Waals surface area contributed by atoms with Crippen molar-refractivity contribution in [3.8, 4) is 5.75 Å². The minimum Gasteiger partial charge on any atom is -0.481 e. The van der Waals surface area contributed by atoms with Gasteiger partial charge in [0.05, 0.1) is 19.3 Å². The van der Waals surface area contributed by atoms with Crippen molar-refractivity contribution in [2.24, 2.45) is 0 Å². The van der Waals surface area contributed by atoms with Crippen molar-refractivity contribution < 1.29 is 19.4 Å². The first-order valence-electron chi connectivity index (χ1n) is 5.89. The van der Waals surface area contributed by atoms with Crippen LogP contribution in [-0.2, 0) is 9.53 Å². The quantitative estimate of drug-likeness (QED) is 0.791. The molecule has 1 aromatic carbocycles. The lowest BCUT2D eigenvalue weighted by molar-refractivity contribution is -0.128. The number of aliphatic hydroxyl groups excluding tert-OH is 1. The van der Waals surface area contributed by atoms with Crippen LogP contribution in [-0.4, -0.2) is 43.5 Å². The zero-order valence-electron chi connectivity index (χ0n) is 10.9. The fraction of sp³-hybridized carbons (Fsp3) is 0.462. The number of hydrogen-bond donors (Lipinski definition) is 2. The summed E-state index contributed by atoms with van der Waals surface area (Å²) in [5, 5.41) is 12.2. The van der Waals surface area contributed by atoms with E-state index >= 15 is 0 Å². The maximum absolute atomic E-state index is 11.8. The fourth-order valence-electron chi connectivity index (χ4n) is 1.46. The third-order valence-electron chi connectivity index (χ3n) is 2.41. The Hall–Kier alpha value is -1.30.